The fourth-order valence-corrected chi connectivity index (χ4v) is 2.69. The molecule has 0 spiro atoms. The number of amides is 1. The number of carbonyl (C=O) groups excluding carboxylic acids is 1. The standard InChI is InChI=1S/C19H17N7O/c1-13-20-8-5-16(24-13)22-12-14-3-2-4-15(11-14)19(27)25-18-6-9-21-17-7-10-23-26(17)18/h2-11H,12H2,1H3,(H,25,27)(H,20,22,24). The molecule has 134 valence electrons. The van der Waals surface area contributed by atoms with Crippen molar-refractivity contribution in [2.45, 2.75) is 13.5 Å². The lowest BCUT2D eigenvalue weighted by atomic mass is 10.1. The van der Waals surface area contributed by atoms with Crippen LogP contribution < -0.4 is 10.6 Å². The van der Waals surface area contributed by atoms with Crippen LogP contribution in [0.15, 0.2) is 61.1 Å². The minimum absolute atomic E-state index is 0.210. The lowest BCUT2D eigenvalue weighted by Gasteiger charge is -2.09. The van der Waals surface area contributed by atoms with Crippen molar-refractivity contribution in [3.8, 4) is 0 Å². The summed E-state index contributed by atoms with van der Waals surface area (Å²) in [5.41, 5.74) is 2.20. The van der Waals surface area contributed by atoms with Crippen LogP contribution in [-0.4, -0.2) is 30.5 Å². The van der Waals surface area contributed by atoms with Crippen molar-refractivity contribution in [3.05, 3.63) is 78.0 Å². The summed E-state index contributed by atoms with van der Waals surface area (Å²) in [7, 11) is 0. The summed E-state index contributed by atoms with van der Waals surface area (Å²) >= 11 is 0. The molecule has 3 aromatic heterocycles. The van der Waals surface area contributed by atoms with Gasteiger partial charge in [0.25, 0.3) is 5.91 Å². The van der Waals surface area contributed by atoms with Crippen LogP contribution in [-0.2, 0) is 6.54 Å². The molecule has 27 heavy (non-hydrogen) atoms. The Morgan fingerprint density at radius 2 is 1.96 bits per heavy atom. The minimum Gasteiger partial charge on any atom is -0.366 e. The number of aryl methyl sites for hydroxylation is 1. The maximum atomic E-state index is 12.6. The molecule has 0 unspecified atom stereocenters. The number of fused-ring (bicyclic) bond motifs is 1. The molecule has 8 nitrogen and oxygen atoms in total. The maximum Gasteiger partial charge on any atom is 0.256 e. The van der Waals surface area contributed by atoms with Gasteiger partial charge in [-0.15, -0.1) is 0 Å². The number of benzene rings is 1. The highest BCUT2D eigenvalue weighted by Crippen LogP contribution is 2.13. The van der Waals surface area contributed by atoms with E-state index in [4.69, 9.17) is 0 Å². The van der Waals surface area contributed by atoms with Crippen molar-refractivity contribution in [2.24, 2.45) is 0 Å². The molecule has 8 heteroatoms. The van der Waals surface area contributed by atoms with Crippen LogP contribution >= 0.6 is 0 Å². The third kappa shape index (κ3) is 3.74. The first-order chi connectivity index (χ1) is 13.2. The smallest absolute Gasteiger partial charge is 0.256 e. The fraction of sp³-hybridized carbons (Fsp3) is 0.105. The van der Waals surface area contributed by atoms with Crippen LogP contribution in [0, 0.1) is 6.92 Å². The quantitative estimate of drug-likeness (QED) is 0.569. The van der Waals surface area contributed by atoms with Crippen LogP contribution in [0.2, 0.25) is 0 Å². The predicted octanol–water partition coefficient (Wildman–Crippen LogP) is 2.69. The molecule has 0 aliphatic carbocycles. The predicted molar refractivity (Wildman–Crippen MR) is 101 cm³/mol. The average Bonchev–Trinajstić information content (AvgIpc) is 3.17. The highest BCUT2D eigenvalue weighted by Gasteiger charge is 2.10. The zero-order valence-corrected chi connectivity index (χ0v) is 14.6. The highest BCUT2D eigenvalue weighted by molar-refractivity contribution is 6.04. The van der Waals surface area contributed by atoms with E-state index in [-0.39, 0.29) is 5.91 Å². The lowest BCUT2D eigenvalue weighted by Crippen LogP contribution is -2.15. The van der Waals surface area contributed by atoms with E-state index in [9.17, 15) is 4.79 Å². The Balaban J connectivity index is 1.48. The first-order valence-electron chi connectivity index (χ1n) is 8.41. The SMILES string of the molecule is Cc1nccc(NCc2cccc(C(=O)Nc3ccnc4ccnn34)c2)n1. The van der Waals surface area contributed by atoms with E-state index < -0.39 is 0 Å². The van der Waals surface area contributed by atoms with Gasteiger partial charge >= 0.3 is 0 Å². The van der Waals surface area contributed by atoms with Gasteiger partial charge in [-0.25, -0.2) is 15.0 Å². The second-order valence-electron chi connectivity index (χ2n) is 5.93. The molecule has 4 rings (SSSR count). The van der Waals surface area contributed by atoms with Gasteiger partial charge in [-0.1, -0.05) is 12.1 Å². The number of aromatic nitrogens is 5. The van der Waals surface area contributed by atoms with Crippen LogP contribution in [0.3, 0.4) is 0 Å². The molecule has 2 N–H and O–H groups in total. The van der Waals surface area contributed by atoms with Gasteiger partial charge in [0.2, 0.25) is 0 Å². The highest BCUT2D eigenvalue weighted by atomic mass is 16.1. The van der Waals surface area contributed by atoms with Crippen LogP contribution in [0.4, 0.5) is 11.6 Å². The first kappa shape index (κ1) is 16.6. The van der Waals surface area contributed by atoms with Crippen LogP contribution in [0.1, 0.15) is 21.7 Å². The van der Waals surface area contributed by atoms with Gasteiger partial charge in [0.05, 0.1) is 6.20 Å². The van der Waals surface area contributed by atoms with Crippen LogP contribution in [0.5, 0.6) is 0 Å². The zero-order chi connectivity index (χ0) is 18.6. The van der Waals surface area contributed by atoms with Crippen molar-refractivity contribution in [1.82, 2.24) is 24.6 Å². The van der Waals surface area contributed by atoms with Gasteiger partial charge in [0.1, 0.15) is 17.5 Å². The van der Waals surface area contributed by atoms with Gasteiger partial charge in [-0.05, 0) is 36.8 Å². The van der Waals surface area contributed by atoms with Crippen molar-refractivity contribution in [2.75, 3.05) is 10.6 Å². The molecule has 4 aromatic rings. The Bertz CT molecular complexity index is 1110. The molecule has 0 radical (unpaired) electrons. The fourth-order valence-electron chi connectivity index (χ4n) is 2.69. The maximum absolute atomic E-state index is 12.6. The van der Waals surface area contributed by atoms with Gasteiger partial charge in [-0.2, -0.15) is 9.61 Å². The number of anilines is 2. The average molecular weight is 359 g/mol. The number of nitrogens with zero attached hydrogens (tertiary/aromatic N) is 5. The molecule has 0 aliphatic heterocycles. The van der Waals surface area contributed by atoms with E-state index in [1.807, 2.05) is 31.2 Å². The summed E-state index contributed by atoms with van der Waals surface area (Å²) in [5, 5.41) is 10.3. The summed E-state index contributed by atoms with van der Waals surface area (Å²) in [6.45, 7) is 2.39. The molecule has 3 heterocycles. The number of hydrogen-bond acceptors (Lipinski definition) is 6. The summed E-state index contributed by atoms with van der Waals surface area (Å²) in [6.07, 6.45) is 4.98. The Hall–Kier alpha value is -3.81. The molecule has 0 saturated heterocycles. The molecule has 1 aromatic carbocycles. The summed E-state index contributed by atoms with van der Waals surface area (Å²) in [5.74, 6) is 1.80. The van der Waals surface area contributed by atoms with Gasteiger partial charge in [0.15, 0.2) is 5.65 Å². The van der Waals surface area contributed by atoms with Crippen molar-refractivity contribution < 1.29 is 4.79 Å². The Kier molecular flexibility index (Phi) is 4.44. The molecular formula is C19H17N7O. The molecule has 0 fully saturated rings. The Labute approximate surface area is 155 Å². The molecular weight excluding hydrogens is 342 g/mol. The zero-order valence-electron chi connectivity index (χ0n) is 14.6. The van der Waals surface area contributed by atoms with E-state index in [2.05, 4.69) is 30.7 Å². The Morgan fingerprint density at radius 3 is 2.85 bits per heavy atom. The monoisotopic (exact) mass is 359 g/mol. The van der Waals surface area contributed by atoms with Gasteiger partial charge in [0, 0.05) is 30.6 Å². The second kappa shape index (κ2) is 7.20. The number of carbonyl (C=O) groups is 1. The lowest BCUT2D eigenvalue weighted by molar-refractivity contribution is 0.102. The minimum atomic E-state index is -0.210. The van der Waals surface area contributed by atoms with E-state index in [1.165, 1.54) is 0 Å². The molecule has 1 amide bonds. The van der Waals surface area contributed by atoms with E-state index in [0.717, 1.165) is 11.4 Å². The Morgan fingerprint density at radius 1 is 1.07 bits per heavy atom. The number of hydrogen-bond donors (Lipinski definition) is 2. The molecule has 0 saturated carbocycles. The number of rotatable bonds is 5. The second-order valence-corrected chi connectivity index (χ2v) is 5.93. The molecule has 0 aliphatic rings. The van der Waals surface area contributed by atoms with E-state index in [0.29, 0.717) is 29.4 Å². The van der Waals surface area contributed by atoms with Crippen molar-refractivity contribution >= 4 is 23.2 Å². The van der Waals surface area contributed by atoms with Crippen molar-refractivity contribution in [1.29, 1.82) is 0 Å². The third-order valence-electron chi connectivity index (χ3n) is 3.97. The number of nitrogens with one attached hydrogen (secondary N) is 2. The van der Waals surface area contributed by atoms with Crippen molar-refractivity contribution in [3.63, 3.8) is 0 Å². The summed E-state index contributed by atoms with van der Waals surface area (Å²) < 4.78 is 1.58. The summed E-state index contributed by atoms with van der Waals surface area (Å²) in [4.78, 5) is 25.2. The third-order valence-corrected chi connectivity index (χ3v) is 3.97. The summed E-state index contributed by atoms with van der Waals surface area (Å²) in [6, 6.07) is 12.7. The van der Waals surface area contributed by atoms with Gasteiger partial charge < -0.3 is 10.6 Å². The van der Waals surface area contributed by atoms with E-state index >= 15 is 0 Å². The molecule has 0 atom stereocenters. The first-order valence-corrected chi connectivity index (χ1v) is 8.41. The van der Waals surface area contributed by atoms with E-state index in [1.54, 1.807) is 41.3 Å². The van der Waals surface area contributed by atoms with Gasteiger partial charge in [-0.3, -0.25) is 4.79 Å². The molecule has 0 bridgehead atoms. The van der Waals surface area contributed by atoms with Crippen LogP contribution in [0.25, 0.3) is 5.65 Å². The normalized spacial score (nSPS) is 10.7. The topological polar surface area (TPSA) is 97.1 Å². The largest absolute Gasteiger partial charge is 0.366 e.